The quantitative estimate of drug-likeness (QED) is 0.218. The molecule has 0 aliphatic heterocycles. The summed E-state index contributed by atoms with van der Waals surface area (Å²) in [7, 11) is -1.54. The van der Waals surface area contributed by atoms with Crippen LogP contribution in [0, 0.1) is 0 Å². The van der Waals surface area contributed by atoms with Crippen molar-refractivity contribution in [3.05, 3.63) is 145 Å². The highest BCUT2D eigenvalue weighted by Crippen LogP contribution is 2.47. The van der Waals surface area contributed by atoms with Crippen molar-refractivity contribution in [1.82, 2.24) is 0 Å². The second-order valence-corrected chi connectivity index (χ2v) is 11.6. The maximum absolute atomic E-state index is 7.01. The molecule has 1 heterocycles. The lowest BCUT2D eigenvalue weighted by molar-refractivity contribution is 0.558. The molecule has 0 saturated heterocycles. The van der Waals surface area contributed by atoms with Gasteiger partial charge >= 0.3 is 8.16 Å². The number of fused-ring (bicyclic) bond motifs is 7. The summed E-state index contributed by atoms with van der Waals surface area (Å²) in [6.45, 7) is 4.49. The number of benzene rings is 6. The third kappa shape index (κ3) is 4.29. The van der Waals surface area contributed by atoms with Gasteiger partial charge < -0.3 is 8.39 Å². The smallest absolute Gasteiger partial charge is 0.310 e. The van der Waals surface area contributed by atoms with Crippen molar-refractivity contribution in [3.8, 4) is 0 Å². The molecule has 0 aliphatic rings. The third-order valence-corrected chi connectivity index (χ3v) is 9.71. The van der Waals surface area contributed by atoms with Crippen molar-refractivity contribution in [2.45, 2.75) is 25.9 Å². The maximum Gasteiger partial charge on any atom is 0.310 e. The Bertz CT molecular complexity index is 1860. The van der Waals surface area contributed by atoms with E-state index >= 15 is 0 Å². The van der Waals surface area contributed by atoms with E-state index in [1.165, 1.54) is 21.9 Å². The summed E-state index contributed by atoms with van der Waals surface area (Å²) >= 11 is 0. The lowest BCUT2D eigenvalue weighted by atomic mass is 9.99. The number of rotatable bonds is 5. The van der Waals surface area contributed by atoms with Gasteiger partial charge in [0.1, 0.15) is 11.2 Å². The molecule has 0 N–H and O–H groups in total. The standard InChI is InChI=1S/C36H30NO2P/c1-25(27-13-5-3-6-14-27)37(26(2)28-15-7-4-8-16-28)40-38-33-23-21-29-17-9-11-19-31(29)35(33)36-32-20-12-10-18-30(32)22-24-34(36)39-40/h3-26H,1-2H3/t25-,26-/m1/s1. The molecule has 0 radical (unpaired) electrons. The van der Waals surface area contributed by atoms with Gasteiger partial charge in [0.25, 0.3) is 0 Å². The van der Waals surface area contributed by atoms with E-state index in [9.17, 15) is 0 Å². The summed E-state index contributed by atoms with van der Waals surface area (Å²) in [6, 6.07) is 47.0. The summed E-state index contributed by atoms with van der Waals surface area (Å²) in [6.07, 6.45) is 0. The SMILES string of the molecule is C[C@H](c1ccccc1)N([C@H](C)c1ccccc1)p1oc2ccc3ccccc3c2c2c(ccc3ccccc32)o1. The van der Waals surface area contributed by atoms with Gasteiger partial charge in [-0.15, -0.1) is 0 Å². The van der Waals surface area contributed by atoms with Crippen LogP contribution in [0.4, 0.5) is 0 Å². The molecule has 196 valence electrons. The van der Waals surface area contributed by atoms with Crippen molar-refractivity contribution in [3.63, 3.8) is 0 Å². The van der Waals surface area contributed by atoms with E-state index in [1.54, 1.807) is 0 Å². The summed E-state index contributed by atoms with van der Waals surface area (Å²) in [5.74, 6) is 0. The maximum atomic E-state index is 7.01. The number of hydrogen-bond acceptors (Lipinski definition) is 3. The van der Waals surface area contributed by atoms with E-state index in [1.807, 2.05) is 0 Å². The highest BCUT2D eigenvalue weighted by Gasteiger charge is 2.29. The lowest BCUT2D eigenvalue weighted by Crippen LogP contribution is -2.27. The summed E-state index contributed by atoms with van der Waals surface area (Å²) in [5, 5.41) is 6.88. The molecule has 4 heteroatoms. The van der Waals surface area contributed by atoms with Gasteiger partial charge in [-0.25, -0.2) is 0 Å². The molecule has 7 aromatic rings. The second-order valence-electron chi connectivity index (χ2n) is 10.3. The molecule has 6 aromatic carbocycles. The van der Waals surface area contributed by atoms with Crippen molar-refractivity contribution < 1.29 is 8.39 Å². The van der Waals surface area contributed by atoms with Gasteiger partial charge in [0.05, 0.1) is 0 Å². The predicted octanol–water partition coefficient (Wildman–Crippen LogP) is 11.1. The molecule has 0 fully saturated rings. The highest BCUT2D eigenvalue weighted by molar-refractivity contribution is 7.39. The molecular weight excluding hydrogens is 509 g/mol. The normalized spacial score (nSPS) is 13.3. The number of hydrogen-bond donors (Lipinski definition) is 0. The Morgan fingerprint density at radius 2 is 0.875 bits per heavy atom. The van der Waals surface area contributed by atoms with Crippen LogP contribution in [-0.4, -0.2) is 0 Å². The molecule has 3 nitrogen and oxygen atoms in total. The Morgan fingerprint density at radius 3 is 1.32 bits per heavy atom. The van der Waals surface area contributed by atoms with Crippen molar-refractivity contribution in [1.29, 1.82) is 0 Å². The zero-order valence-corrected chi connectivity index (χ0v) is 23.5. The van der Waals surface area contributed by atoms with E-state index in [-0.39, 0.29) is 12.1 Å². The average molecular weight is 540 g/mol. The van der Waals surface area contributed by atoms with Crippen LogP contribution in [-0.2, 0) is 0 Å². The largest absolute Gasteiger partial charge is 0.408 e. The predicted molar refractivity (Wildman–Crippen MR) is 169 cm³/mol. The van der Waals surface area contributed by atoms with Gasteiger partial charge in [-0.1, -0.05) is 121 Å². The average Bonchev–Trinajstić information content (AvgIpc) is 3.19. The molecule has 0 aliphatic carbocycles. The zero-order valence-electron chi connectivity index (χ0n) is 22.6. The summed E-state index contributed by atoms with van der Waals surface area (Å²) in [4.78, 5) is 0. The first kappa shape index (κ1) is 24.7. The van der Waals surface area contributed by atoms with Crippen LogP contribution in [0.1, 0.15) is 37.1 Å². The molecule has 0 saturated carbocycles. The van der Waals surface area contributed by atoms with Crippen molar-refractivity contribution in [2.75, 3.05) is 4.67 Å². The highest BCUT2D eigenvalue weighted by atomic mass is 31.1. The molecule has 0 unspecified atom stereocenters. The van der Waals surface area contributed by atoms with Gasteiger partial charge in [-0.3, -0.25) is 0 Å². The third-order valence-electron chi connectivity index (χ3n) is 7.93. The molecule has 1 aromatic heterocycles. The van der Waals surface area contributed by atoms with Crippen LogP contribution < -0.4 is 4.67 Å². The van der Waals surface area contributed by atoms with E-state index in [0.29, 0.717) is 0 Å². The van der Waals surface area contributed by atoms with E-state index in [4.69, 9.17) is 8.39 Å². The summed E-state index contributed by atoms with van der Waals surface area (Å²) in [5.41, 5.74) is 4.15. The summed E-state index contributed by atoms with van der Waals surface area (Å²) < 4.78 is 16.4. The first-order chi connectivity index (χ1) is 19.7. The topological polar surface area (TPSA) is 29.5 Å². The van der Waals surface area contributed by atoms with Gasteiger partial charge in [0, 0.05) is 22.9 Å². The molecule has 0 spiro atoms. The Balaban J connectivity index is 1.60. The molecule has 0 bridgehead atoms. The van der Waals surface area contributed by atoms with Gasteiger partial charge in [0.15, 0.2) is 0 Å². The van der Waals surface area contributed by atoms with Crippen LogP contribution in [0.15, 0.2) is 142 Å². The van der Waals surface area contributed by atoms with Crippen LogP contribution in [0.2, 0.25) is 0 Å². The number of nitrogens with zero attached hydrogens (tertiary/aromatic N) is 1. The van der Waals surface area contributed by atoms with Gasteiger partial charge in [-0.2, -0.15) is 4.67 Å². The fourth-order valence-corrected chi connectivity index (χ4v) is 7.54. The van der Waals surface area contributed by atoms with Crippen LogP contribution >= 0.6 is 8.16 Å². The van der Waals surface area contributed by atoms with Crippen LogP contribution in [0.25, 0.3) is 43.5 Å². The zero-order chi connectivity index (χ0) is 27.1. The monoisotopic (exact) mass is 539 g/mol. The minimum absolute atomic E-state index is 0.0495. The minimum Gasteiger partial charge on any atom is -0.408 e. The Hall–Kier alpha value is -4.30. The van der Waals surface area contributed by atoms with Crippen LogP contribution in [0.3, 0.4) is 0 Å². The van der Waals surface area contributed by atoms with E-state index in [0.717, 1.165) is 32.7 Å². The fraction of sp³-hybridized carbons (Fsp3) is 0.111. The van der Waals surface area contributed by atoms with Gasteiger partial charge in [0.2, 0.25) is 0 Å². The molecule has 2 atom stereocenters. The molecule has 7 rings (SSSR count). The Labute approximate surface area is 234 Å². The van der Waals surface area contributed by atoms with Gasteiger partial charge in [-0.05, 0) is 58.7 Å². The van der Waals surface area contributed by atoms with E-state index < -0.39 is 8.16 Å². The second kappa shape index (κ2) is 10.4. The fourth-order valence-electron chi connectivity index (χ4n) is 5.84. The Kier molecular flexibility index (Phi) is 6.40. The van der Waals surface area contributed by atoms with Crippen molar-refractivity contribution in [2.24, 2.45) is 0 Å². The van der Waals surface area contributed by atoms with Crippen molar-refractivity contribution >= 4 is 51.6 Å². The van der Waals surface area contributed by atoms with Crippen LogP contribution in [0.5, 0.6) is 0 Å². The van der Waals surface area contributed by atoms with E-state index in [2.05, 4.69) is 152 Å². The first-order valence-electron chi connectivity index (χ1n) is 13.8. The first-order valence-corrected chi connectivity index (χ1v) is 14.9. The minimum atomic E-state index is -1.54. The Morgan fingerprint density at radius 1 is 0.475 bits per heavy atom. The molecular formula is C36H30NO2P. The lowest BCUT2D eigenvalue weighted by Gasteiger charge is -2.31. The molecule has 0 amide bonds. The molecule has 40 heavy (non-hydrogen) atoms.